The minimum absolute atomic E-state index is 0.0324. The minimum atomic E-state index is -1.10. The number of pyridine rings is 1. The summed E-state index contributed by atoms with van der Waals surface area (Å²) in [7, 11) is 1.62. The fraction of sp³-hybridized carbons (Fsp3) is 0.174. The van der Waals surface area contributed by atoms with Gasteiger partial charge in [0.05, 0.1) is 23.1 Å². The highest BCUT2D eigenvalue weighted by Gasteiger charge is 2.31. The number of hydrogen-bond acceptors (Lipinski definition) is 4. The molecule has 0 saturated heterocycles. The molecular weight excluding hydrogens is 416 g/mol. The van der Waals surface area contributed by atoms with Crippen molar-refractivity contribution in [1.82, 2.24) is 20.2 Å². The van der Waals surface area contributed by atoms with E-state index in [9.17, 15) is 18.4 Å². The number of benzene rings is 2. The summed E-state index contributed by atoms with van der Waals surface area (Å²) in [4.78, 5) is 33.0. The van der Waals surface area contributed by atoms with Crippen LogP contribution in [0.15, 0.2) is 41.2 Å². The Morgan fingerprint density at radius 2 is 1.88 bits per heavy atom. The van der Waals surface area contributed by atoms with Gasteiger partial charge >= 0.3 is 0 Å². The van der Waals surface area contributed by atoms with E-state index in [-0.39, 0.29) is 16.7 Å². The topological polar surface area (TPSA) is 105 Å². The van der Waals surface area contributed by atoms with E-state index in [4.69, 9.17) is 5.26 Å². The third-order valence-electron chi connectivity index (χ3n) is 5.93. The minimum Gasteiger partial charge on any atom is -0.351 e. The molecule has 4 aromatic rings. The number of fused-ring (bicyclic) bond motifs is 4. The molecule has 7 nitrogen and oxygen atoms in total. The monoisotopic (exact) mass is 433 g/mol. The van der Waals surface area contributed by atoms with Crippen molar-refractivity contribution in [2.75, 3.05) is 13.6 Å². The zero-order valence-electron chi connectivity index (χ0n) is 16.9. The van der Waals surface area contributed by atoms with Crippen molar-refractivity contribution in [2.24, 2.45) is 0 Å². The third kappa shape index (κ3) is 3.04. The first-order valence-electron chi connectivity index (χ1n) is 9.92. The summed E-state index contributed by atoms with van der Waals surface area (Å²) in [6, 6.07) is 10.2. The molecule has 9 heteroatoms. The fourth-order valence-corrected chi connectivity index (χ4v) is 4.33. The lowest BCUT2D eigenvalue weighted by Crippen LogP contribution is -2.42. The number of aromatic amines is 2. The highest BCUT2D eigenvalue weighted by molar-refractivity contribution is 5.99. The fourth-order valence-electron chi connectivity index (χ4n) is 4.33. The van der Waals surface area contributed by atoms with Crippen LogP contribution in [0.2, 0.25) is 0 Å². The number of nitrogens with one attached hydrogen (secondary N) is 3. The molecule has 0 bridgehead atoms. The van der Waals surface area contributed by atoms with Gasteiger partial charge in [0.15, 0.2) is 11.6 Å². The van der Waals surface area contributed by atoms with Crippen LogP contribution < -0.4 is 10.9 Å². The second kappa shape index (κ2) is 7.28. The Morgan fingerprint density at radius 1 is 1.12 bits per heavy atom. The molecule has 1 aliphatic heterocycles. The van der Waals surface area contributed by atoms with Crippen LogP contribution in [0.3, 0.4) is 0 Å². The summed E-state index contributed by atoms with van der Waals surface area (Å²) >= 11 is 0. The van der Waals surface area contributed by atoms with Gasteiger partial charge in [0, 0.05) is 42.3 Å². The number of hydrogen-bond donors (Lipinski definition) is 3. The molecule has 1 atom stereocenters. The van der Waals surface area contributed by atoms with Gasteiger partial charge in [-0.05, 0) is 41.8 Å². The number of halogens is 2. The molecule has 0 aliphatic carbocycles. The van der Waals surface area contributed by atoms with Gasteiger partial charge in [-0.15, -0.1) is 0 Å². The molecular formula is C23H17F2N5O2. The molecule has 160 valence electrons. The lowest BCUT2D eigenvalue weighted by Gasteiger charge is -2.34. The van der Waals surface area contributed by atoms with Crippen molar-refractivity contribution in [1.29, 1.82) is 5.26 Å². The molecule has 2 aromatic heterocycles. The van der Waals surface area contributed by atoms with E-state index in [0.717, 1.165) is 23.0 Å². The number of amides is 1. The van der Waals surface area contributed by atoms with E-state index in [1.165, 1.54) is 4.90 Å². The predicted octanol–water partition coefficient (Wildman–Crippen LogP) is 3.08. The maximum Gasteiger partial charge on any atom is 0.270 e. The molecule has 0 fully saturated rings. The molecule has 5 rings (SSSR count). The zero-order valence-corrected chi connectivity index (χ0v) is 16.9. The van der Waals surface area contributed by atoms with E-state index in [0.29, 0.717) is 35.6 Å². The highest BCUT2D eigenvalue weighted by Crippen LogP contribution is 2.33. The van der Waals surface area contributed by atoms with Gasteiger partial charge in [0.25, 0.3) is 11.5 Å². The average molecular weight is 433 g/mol. The quantitative estimate of drug-likeness (QED) is 0.452. The van der Waals surface area contributed by atoms with Gasteiger partial charge < -0.3 is 20.2 Å². The van der Waals surface area contributed by atoms with E-state index < -0.39 is 23.2 Å². The van der Waals surface area contributed by atoms with Gasteiger partial charge in [-0.3, -0.25) is 9.59 Å². The van der Waals surface area contributed by atoms with Crippen LogP contribution in [-0.4, -0.2) is 34.4 Å². The number of carbonyl (C=O) groups is 1. The summed E-state index contributed by atoms with van der Waals surface area (Å²) in [6.07, 6.45) is 0. The normalized spacial score (nSPS) is 15.5. The first kappa shape index (κ1) is 19.9. The molecule has 3 N–H and O–H groups in total. The highest BCUT2D eigenvalue weighted by atomic mass is 19.2. The van der Waals surface area contributed by atoms with Gasteiger partial charge in [0.1, 0.15) is 5.69 Å². The zero-order chi connectivity index (χ0) is 22.6. The smallest absolute Gasteiger partial charge is 0.270 e. The van der Waals surface area contributed by atoms with E-state index >= 15 is 0 Å². The Bertz CT molecular complexity index is 1520. The van der Waals surface area contributed by atoms with Crippen molar-refractivity contribution < 1.29 is 13.6 Å². The third-order valence-corrected chi connectivity index (χ3v) is 5.93. The van der Waals surface area contributed by atoms with Crippen molar-refractivity contribution in [3.05, 3.63) is 80.9 Å². The van der Waals surface area contributed by atoms with Crippen LogP contribution >= 0.6 is 0 Å². The summed E-state index contributed by atoms with van der Waals surface area (Å²) < 4.78 is 27.9. The Hall–Kier alpha value is -4.03. The van der Waals surface area contributed by atoms with Crippen LogP contribution in [0.1, 0.15) is 33.4 Å². The number of aromatic nitrogens is 2. The first-order chi connectivity index (χ1) is 15.4. The number of carbonyl (C=O) groups excluding carboxylic acids is 1. The van der Waals surface area contributed by atoms with E-state index in [1.54, 1.807) is 31.3 Å². The van der Waals surface area contributed by atoms with Crippen LogP contribution in [-0.2, 0) is 6.54 Å². The summed E-state index contributed by atoms with van der Waals surface area (Å²) in [5.41, 5.74) is 2.12. The van der Waals surface area contributed by atoms with Crippen LogP contribution in [0.4, 0.5) is 8.78 Å². The molecule has 0 spiro atoms. The number of nitrogens with zero attached hydrogens (tertiary/aromatic N) is 2. The molecule has 0 unspecified atom stereocenters. The average Bonchev–Trinajstić information content (AvgIpc) is 3.22. The number of rotatable bonds is 2. The SMILES string of the molecule is CN(C(=O)c1cc2cc(C#N)ccc2[nH]1)[C@@H]1CNCc2[nH]c(=O)c3cc(F)c(F)cc3c21. The molecule has 1 aliphatic rings. The lowest BCUT2D eigenvalue weighted by atomic mass is 9.93. The summed E-state index contributed by atoms with van der Waals surface area (Å²) in [5.74, 6) is -2.48. The number of nitriles is 1. The first-order valence-corrected chi connectivity index (χ1v) is 9.92. The number of H-pyrrole nitrogens is 2. The Labute approximate surface area is 180 Å². The van der Waals surface area contributed by atoms with Crippen molar-refractivity contribution in [2.45, 2.75) is 12.6 Å². The molecule has 2 aromatic carbocycles. The largest absolute Gasteiger partial charge is 0.351 e. The van der Waals surface area contributed by atoms with Crippen molar-refractivity contribution >= 4 is 27.6 Å². The molecule has 0 radical (unpaired) electrons. The van der Waals surface area contributed by atoms with E-state index in [2.05, 4.69) is 21.4 Å². The predicted molar refractivity (Wildman–Crippen MR) is 114 cm³/mol. The van der Waals surface area contributed by atoms with Crippen LogP contribution in [0.5, 0.6) is 0 Å². The lowest BCUT2D eigenvalue weighted by molar-refractivity contribution is 0.0718. The van der Waals surface area contributed by atoms with Gasteiger partial charge in [-0.25, -0.2) is 8.78 Å². The van der Waals surface area contributed by atoms with Crippen molar-refractivity contribution in [3.8, 4) is 6.07 Å². The Morgan fingerprint density at radius 3 is 2.62 bits per heavy atom. The maximum absolute atomic E-state index is 14.1. The Kier molecular flexibility index (Phi) is 4.53. The van der Waals surface area contributed by atoms with Gasteiger partial charge in [0.2, 0.25) is 0 Å². The molecule has 3 heterocycles. The molecule has 0 saturated carbocycles. The van der Waals surface area contributed by atoms with Crippen molar-refractivity contribution in [3.63, 3.8) is 0 Å². The second-order valence-electron chi connectivity index (χ2n) is 7.82. The maximum atomic E-state index is 14.1. The van der Waals surface area contributed by atoms with Crippen LogP contribution in [0.25, 0.3) is 21.7 Å². The van der Waals surface area contributed by atoms with Gasteiger partial charge in [-0.2, -0.15) is 5.26 Å². The molecule has 1 amide bonds. The van der Waals surface area contributed by atoms with Crippen LogP contribution in [0, 0.1) is 23.0 Å². The van der Waals surface area contributed by atoms with E-state index in [1.807, 2.05) is 0 Å². The summed E-state index contributed by atoms with van der Waals surface area (Å²) in [6.45, 7) is 0.704. The standard InChI is InChI=1S/C23H17F2N5O2/c1-30(23(32)18-5-12-4-11(8-26)2-3-17(12)28-18)20-10-27-9-19-21(20)13-6-15(24)16(25)7-14(13)22(31)29-19/h2-7,20,27-28H,9-10H2,1H3,(H,29,31)/t20-/m1/s1. The summed E-state index contributed by atoms with van der Waals surface area (Å²) in [5, 5.41) is 13.3. The number of likely N-dealkylation sites (N-methyl/N-ethyl adjacent to an activating group) is 1. The van der Waals surface area contributed by atoms with Gasteiger partial charge in [-0.1, -0.05) is 0 Å². The second-order valence-corrected chi connectivity index (χ2v) is 7.82. The Balaban J connectivity index is 1.60. The molecule has 32 heavy (non-hydrogen) atoms.